The van der Waals surface area contributed by atoms with Gasteiger partial charge in [0.1, 0.15) is 0 Å². The second kappa shape index (κ2) is 7.17. The zero-order valence-corrected chi connectivity index (χ0v) is 10.7. The van der Waals surface area contributed by atoms with Crippen molar-refractivity contribution < 1.29 is 9.72 Å². The average molecular weight is 280 g/mol. The highest BCUT2D eigenvalue weighted by Crippen LogP contribution is 2.11. The van der Waals surface area contributed by atoms with Crippen LogP contribution < -0.4 is 11.2 Å². The third-order valence-corrected chi connectivity index (χ3v) is 2.75. The minimum absolute atomic E-state index is 0.0823. The van der Waals surface area contributed by atoms with Crippen LogP contribution in [0.15, 0.2) is 42.0 Å². The van der Waals surface area contributed by atoms with Crippen molar-refractivity contribution in [2.45, 2.75) is 0 Å². The van der Waals surface area contributed by atoms with Crippen molar-refractivity contribution in [3.63, 3.8) is 0 Å². The van der Waals surface area contributed by atoms with E-state index in [9.17, 15) is 14.9 Å². The molecule has 19 heavy (non-hydrogen) atoms. The molecule has 1 amide bonds. The summed E-state index contributed by atoms with van der Waals surface area (Å²) in [6.07, 6.45) is 1.66. The Morgan fingerprint density at radius 3 is 2.68 bits per heavy atom. The second-order valence-corrected chi connectivity index (χ2v) is 4.33. The van der Waals surface area contributed by atoms with Crippen LogP contribution in [0.25, 0.3) is 0 Å². The van der Waals surface area contributed by atoms with E-state index in [1.165, 1.54) is 36.0 Å². The standard InChI is InChI=1S/C11H12N4O3S/c1-2-7-19-11(12)14-13-10(16)8-3-5-9(6-4-8)15(17)18/h2-6H,1,7H2,(H2,12,14)(H,13,16). The summed E-state index contributed by atoms with van der Waals surface area (Å²) in [4.78, 5) is 21.5. The Morgan fingerprint density at radius 2 is 2.16 bits per heavy atom. The number of rotatable bonds is 5. The van der Waals surface area contributed by atoms with E-state index in [0.717, 1.165) is 0 Å². The molecule has 1 rings (SSSR count). The van der Waals surface area contributed by atoms with Crippen LogP contribution in [-0.2, 0) is 0 Å². The van der Waals surface area contributed by atoms with Crippen LogP contribution in [0.2, 0.25) is 0 Å². The van der Waals surface area contributed by atoms with Gasteiger partial charge in [-0.3, -0.25) is 14.9 Å². The first-order chi connectivity index (χ1) is 9.04. The van der Waals surface area contributed by atoms with Gasteiger partial charge in [-0.25, -0.2) is 5.43 Å². The van der Waals surface area contributed by atoms with E-state index >= 15 is 0 Å². The second-order valence-electron chi connectivity index (χ2n) is 3.29. The van der Waals surface area contributed by atoms with Gasteiger partial charge in [0, 0.05) is 23.4 Å². The maximum absolute atomic E-state index is 11.6. The van der Waals surface area contributed by atoms with Crippen molar-refractivity contribution in [3.05, 3.63) is 52.6 Å². The molecule has 0 bridgehead atoms. The fraction of sp³-hybridized carbons (Fsp3) is 0.0909. The lowest BCUT2D eigenvalue weighted by Gasteiger charge is -2.01. The quantitative estimate of drug-likeness (QED) is 0.279. The number of nitrogens with zero attached hydrogens (tertiary/aromatic N) is 2. The Labute approximate surface area is 113 Å². The first-order valence-electron chi connectivity index (χ1n) is 5.16. The number of thioether (sulfide) groups is 1. The van der Waals surface area contributed by atoms with Gasteiger partial charge < -0.3 is 5.73 Å². The molecule has 0 aliphatic carbocycles. The van der Waals surface area contributed by atoms with Crippen molar-refractivity contribution >= 4 is 28.5 Å². The van der Waals surface area contributed by atoms with Crippen molar-refractivity contribution in [2.75, 3.05) is 5.75 Å². The number of nitro benzene ring substituents is 1. The number of hydrazone groups is 1. The number of hydrogen-bond acceptors (Lipinski definition) is 5. The molecule has 0 aromatic heterocycles. The maximum Gasteiger partial charge on any atom is 0.271 e. The van der Waals surface area contributed by atoms with E-state index in [-0.39, 0.29) is 16.4 Å². The number of hydrogen-bond donors (Lipinski definition) is 2. The minimum Gasteiger partial charge on any atom is -0.377 e. The van der Waals surface area contributed by atoms with Crippen LogP contribution in [-0.4, -0.2) is 21.8 Å². The Hall–Kier alpha value is -2.35. The first-order valence-corrected chi connectivity index (χ1v) is 6.15. The molecule has 0 saturated carbocycles. The van der Waals surface area contributed by atoms with Crippen molar-refractivity contribution in [1.82, 2.24) is 5.43 Å². The number of nitro groups is 1. The minimum atomic E-state index is -0.538. The lowest BCUT2D eigenvalue weighted by molar-refractivity contribution is -0.384. The largest absolute Gasteiger partial charge is 0.377 e. The van der Waals surface area contributed by atoms with Crippen molar-refractivity contribution in [2.24, 2.45) is 10.8 Å². The Balaban J connectivity index is 2.63. The van der Waals surface area contributed by atoms with E-state index in [1.54, 1.807) is 6.08 Å². The molecule has 0 saturated heterocycles. The molecule has 1 aromatic rings. The number of amidine groups is 1. The average Bonchev–Trinajstić information content (AvgIpc) is 2.42. The summed E-state index contributed by atoms with van der Waals surface area (Å²) >= 11 is 1.23. The highest BCUT2D eigenvalue weighted by molar-refractivity contribution is 8.13. The molecule has 8 heteroatoms. The van der Waals surface area contributed by atoms with E-state index in [1.807, 2.05) is 0 Å². The van der Waals surface area contributed by atoms with Crippen LogP contribution in [0.4, 0.5) is 5.69 Å². The summed E-state index contributed by atoms with van der Waals surface area (Å²) in [6.45, 7) is 3.52. The number of benzene rings is 1. The molecule has 0 aliphatic rings. The SMILES string of the molecule is C=CCS/C(N)=N/NC(=O)c1ccc([N+](=O)[O-])cc1. The highest BCUT2D eigenvalue weighted by atomic mass is 32.2. The topological polar surface area (TPSA) is 111 Å². The summed E-state index contributed by atoms with van der Waals surface area (Å²) < 4.78 is 0. The lowest BCUT2D eigenvalue weighted by atomic mass is 10.2. The summed E-state index contributed by atoms with van der Waals surface area (Å²) in [6, 6.07) is 5.18. The lowest BCUT2D eigenvalue weighted by Crippen LogP contribution is -2.21. The third kappa shape index (κ3) is 4.80. The van der Waals surface area contributed by atoms with Gasteiger partial charge in [0.05, 0.1) is 4.92 Å². The smallest absolute Gasteiger partial charge is 0.271 e. The van der Waals surface area contributed by atoms with Gasteiger partial charge in [0.25, 0.3) is 11.6 Å². The molecular weight excluding hydrogens is 268 g/mol. The molecule has 0 heterocycles. The van der Waals surface area contributed by atoms with Crippen molar-refractivity contribution in [3.8, 4) is 0 Å². The molecule has 0 fully saturated rings. The summed E-state index contributed by atoms with van der Waals surface area (Å²) in [5.41, 5.74) is 7.94. The van der Waals surface area contributed by atoms with Crippen LogP contribution in [0, 0.1) is 10.1 Å². The van der Waals surface area contributed by atoms with Crippen LogP contribution >= 0.6 is 11.8 Å². The number of nitrogens with two attached hydrogens (primary N) is 1. The highest BCUT2D eigenvalue weighted by Gasteiger charge is 2.08. The van der Waals surface area contributed by atoms with Crippen LogP contribution in [0.1, 0.15) is 10.4 Å². The van der Waals surface area contributed by atoms with Gasteiger partial charge in [-0.2, -0.15) is 0 Å². The maximum atomic E-state index is 11.6. The van der Waals surface area contributed by atoms with Gasteiger partial charge in [-0.1, -0.05) is 17.8 Å². The van der Waals surface area contributed by atoms with Gasteiger partial charge in [0.15, 0.2) is 5.17 Å². The molecule has 3 N–H and O–H groups in total. The molecule has 0 atom stereocenters. The van der Waals surface area contributed by atoms with Gasteiger partial charge in [-0.15, -0.1) is 11.7 Å². The molecular formula is C11H12N4O3S. The molecule has 0 aliphatic heterocycles. The fourth-order valence-electron chi connectivity index (χ4n) is 1.08. The molecule has 1 aromatic carbocycles. The molecule has 0 unspecified atom stereocenters. The van der Waals surface area contributed by atoms with E-state index in [4.69, 9.17) is 5.73 Å². The number of carbonyl (C=O) groups excluding carboxylic acids is 1. The third-order valence-electron chi connectivity index (χ3n) is 1.96. The monoisotopic (exact) mass is 280 g/mol. The van der Waals surface area contributed by atoms with E-state index < -0.39 is 10.8 Å². The number of amides is 1. The fourth-order valence-corrected chi connectivity index (χ4v) is 1.48. The zero-order valence-electron chi connectivity index (χ0n) is 9.91. The predicted octanol–water partition coefficient (Wildman–Crippen LogP) is 1.47. The number of carbonyl (C=O) groups is 1. The molecule has 0 radical (unpaired) electrons. The van der Waals surface area contributed by atoms with Crippen molar-refractivity contribution in [1.29, 1.82) is 0 Å². The summed E-state index contributed by atoms with van der Waals surface area (Å²) in [5.74, 6) is 0.0972. The summed E-state index contributed by atoms with van der Waals surface area (Å²) in [5, 5.41) is 14.3. The predicted molar refractivity (Wildman–Crippen MR) is 74.8 cm³/mol. The number of nitrogens with one attached hydrogen (secondary N) is 1. The van der Waals surface area contributed by atoms with Gasteiger partial charge >= 0.3 is 0 Å². The van der Waals surface area contributed by atoms with Crippen LogP contribution in [0.3, 0.4) is 0 Å². The zero-order chi connectivity index (χ0) is 14.3. The first kappa shape index (κ1) is 14.7. The summed E-state index contributed by atoms with van der Waals surface area (Å²) in [7, 11) is 0. The Bertz CT molecular complexity index is 513. The van der Waals surface area contributed by atoms with E-state index in [0.29, 0.717) is 5.75 Å². The van der Waals surface area contributed by atoms with Crippen LogP contribution in [0.5, 0.6) is 0 Å². The van der Waals surface area contributed by atoms with E-state index in [2.05, 4.69) is 17.1 Å². The van der Waals surface area contributed by atoms with Gasteiger partial charge in [-0.05, 0) is 12.1 Å². The normalized spacial score (nSPS) is 10.8. The molecule has 0 spiro atoms. The number of non-ortho nitro benzene ring substituents is 1. The Morgan fingerprint density at radius 1 is 1.53 bits per heavy atom. The Kier molecular flexibility index (Phi) is 5.55. The molecule has 7 nitrogen and oxygen atoms in total. The molecule has 100 valence electrons. The van der Waals surface area contributed by atoms with Gasteiger partial charge in [0.2, 0.25) is 0 Å².